The number of hydrogen-bond donors (Lipinski definition) is 2. The average molecular weight is 188 g/mol. The minimum atomic E-state index is 0.222. The highest BCUT2D eigenvalue weighted by molar-refractivity contribution is 5.74. The molecule has 72 valence electrons. The van der Waals surface area contributed by atoms with Crippen molar-refractivity contribution in [3.8, 4) is 0 Å². The Labute approximate surface area is 82.4 Å². The normalized spacial score (nSPS) is 15.3. The highest BCUT2D eigenvalue weighted by atomic mass is 15.0. The molecule has 0 aromatic carbocycles. The van der Waals surface area contributed by atoms with Crippen LogP contribution in [0.1, 0.15) is 18.5 Å². The van der Waals surface area contributed by atoms with Gasteiger partial charge in [0.15, 0.2) is 0 Å². The van der Waals surface area contributed by atoms with Gasteiger partial charge in [-0.3, -0.25) is 0 Å². The lowest BCUT2D eigenvalue weighted by Crippen LogP contribution is -2.02. The van der Waals surface area contributed by atoms with Gasteiger partial charge < -0.3 is 11.5 Å². The van der Waals surface area contributed by atoms with Crippen molar-refractivity contribution in [2.24, 2.45) is 0 Å². The highest BCUT2D eigenvalue weighted by Crippen LogP contribution is 2.20. The Bertz CT molecular complexity index is 386. The van der Waals surface area contributed by atoms with Crippen molar-refractivity contribution in [2.45, 2.75) is 12.8 Å². The summed E-state index contributed by atoms with van der Waals surface area (Å²) in [6.07, 6.45) is 8.39. The van der Waals surface area contributed by atoms with E-state index in [1.165, 1.54) is 0 Å². The molecule has 0 saturated carbocycles. The van der Waals surface area contributed by atoms with Crippen LogP contribution in [0.25, 0.3) is 5.57 Å². The second-order valence-electron chi connectivity index (χ2n) is 3.18. The summed E-state index contributed by atoms with van der Waals surface area (Å²) < 4.78 is 0. The molecule has 0 atom stereocenters. The van der Waals surface area contributed by atoms with E-state index in [1.807, 2.05) is 6.08 Å². The van der Waals surface area contributed by atoms with E-state index in [4.69, 9.17) is 11.5 Å². The van der Waals surface area contributed by atoms with Crippen molar-refractivity contribution in [3.63, 3.8) is 0 Å². The van der Waals surface area contributed by atoms with Crippen LogP contribution in [0.15, 0.2) is 24.3 Å². The van der Waals surface area contributed by atoms with Gasteiger partial charge in [-0.2, -0.15) is 4.98 Å². The third-order valence-corrected chi connectivity index (χ3v) is 2.05. The van der Waals surface area contributed by atoms with Gasteiger partial charge in [-0.05, 0) is 18.4 Å². The number of rotatable bonds is 1. The molecule has 0 aliphatic heterocycles. The summed E-state index contributed by atoms with van der Waals surface area (Å²) in [5, 5.41) is 0. The van der Waals surface area contributed by atoms with E-state index < -0.39 is 0 Å². The van der Waals surface area contributed by atoms with Crippen molar-refractivity contribution in [2.75, 3.05) is 11.5 Å². The zero-order chi connectivity index (χ0) is 9.97. The number of anilines is 2. The van der Waals surface area contributed by atoms with Gasteiger partial charge in [0.2, 0.25) is 5.95 Å². The molecule has 0 spiro atoms. The maximum atomic E-state index is 5.58. The predicted molar refractivity (Wildman–Crippen MR) is 57.2 cm³/mol. The Morgan fingerprint density at radius 3 is 2.64 bits per heavy atom. The van der Waals surface area contributed by atoms with Crippen molar-refractivity contribution >= 4 is 17.3 Å². The molecule has 1 aliphatic carbocycles. The summed E-state index contributed by atoms with van der Waals surface area (Å²) in [7, 11) is 0. The van der Waals surface area contributed by atoms with Gasteiger partial charge in [0.1, 0.15) is 5.82 Å². The molecule has 1 aromatic rings. The molecule has 4 N–H and O–H groups in total. The Balaban J connectivity index is 2.40. The van der Waals surface area contributed by atoms with Gasteiger partial charge in [0.25, 0.3) is 0 Å². The fourth-order valence-corrected chi connectivity index (χ4v) is 1.44. The quantitative estimate of drug-likeness (QED) is 0.697. The van der Waals surface area contributed by atoms with E-state index in [9.17, 15) is 0 Å². The molecule has 0 radical (unpaired) electrons. The molecule has 1 aromatic heterocycles. The number of nitrogen functional groups attached to an aromatic ring is 2. The molecular formula is C10H12N4. The molecule has 2 rings (SSSR count). The number of nitrogens with zero attached hydrogens (tertiary/aromatic N) is 2. The maximum Gasteiger partial charge on any atom is 0.222 e. The first-order chi connectivity index (χ1) is 6.75. The molecule has 4 heteroatoms. The molecule has 4 nitrogen and oxygen atoms in total. The van der Waals surface area contributed by atoms with Crippen LogP contribution in [0, 0.1) is 0 Å². The van der Waals surface area contributed by atoms with E-state index in [0.29, 0.717) is 5.82 Å². The summed E-state index contributed by atoms with van der Waals surface area (Å²) in [4.78, 5) is 7.95. The van der Waals surface area contributed by atoms with E-state index in [2.05, 4.69) is 22.1 Å². The van der Waals surface area contributed by atoms with Crippen LogP contribution in [0.2, 0.25) is 0 Å². The standard InChI is InChI=1S/C10H12N4/c11-9-6-8(13-10(12)14-9)7-4-2-1-3-5-7/h2,4-6H,1,3H2,(H4,11,12,13,14). The number of allylic oxidation sites excluding steroid dienone is 4. The van der Waals surface area contributed by atoms with Crippen LogP contribution in [-0.2, 0) is 0 Å². The van der Waals surface area contributed by atoms with Crippen molar-refractivity contribution < 1.29 is 0 Å². The van der Waals surface area contributed by atoms with Crippen molar-refractivity contribution in [1.29, 1.82) is 0 Å². The fraction of sp³-hybridized carbons (Fsp3) is 0.200. The van der Waals surface area contributed by atoms with Gasteiger partial charge in [-0.1, -0.05) is 18.2 Å². The predicted octanol–water partition coefficient (Wildman–Crippen LogP) is 1.37. The van der Waals surface area contributed by atoms with Crippen molar-refractivity contribution in [3.05, 3.63) is 30.0 Å². The minimum Gasteiger partial charge on any atom is -0.384 e. The van der Waals surface area contributed by atoms with Crippen LogP contribution in [0.3, 0.4) is 0 Å². The molecule has 0 saturated heterocycles. The van der Waals surface area contributed by atoms with E-state index in [1.54, 1.807) is 6.07 Å². The fourth-order valence-electron chi connectivity index (χ4n) is 1.44. The Kier molecular flexibility index (Phi) is 2.18. The smallest absolute Gasteiger partial charge is 0.222 e. The maximum absolute atomic E-state index is 5.58. The molecule has 0 amide bonds. The zero-order valence-corrected chi connectivity index (χ0v) is 7.77. The number of aromatic nitrogens is 2. The molecule has 0 bridgehead atoms. The summed E-state index contributed by atoms with van der Waals surface area (Å²) in [6, 6.07) is 1.73. The van der Waals surface area contributed by atoms with Crippen LogP contribution < -0.4 is 11.5 Å². The van der Waals surface area contributed by atoms with Crippen LogP contribution in [-0.4, -0.2) is 9.97 Å². The van der Waals surface area contributed by atoms with Crippen LogP contribution in [0.5, 0.6) is 0 Å². The largest absolute Gasteiger partial charge is 0.384 e. The van der Waals surface area contributed by atoms with Gasteiger partial charge >= 0.3 is 0 Å². The Morgan fingerprint density at radius 2 is 2.00 bits per heavy atom. The molecule has 1 aliphatic rings. The summed E-state index contributed by atoms with van der Waals surface area (Å²) in [5.41, 5.74) is 13.0. The van der Waals surface area contributed by atoms with Gasteiger partial charge in [-0.25, -0.2) is 4.98 Å². The van der Waals surface area contributed by atoms with Crippen LogP contribution >= 0.6 is 0 Å². The third kappa shape index (κ3) is 1.74. The number of hydrogen-bond acceptors (Lipinski definition) is 4. The van der Waals surface area contributed by atoms with E-state index in [0.717, 1.165) is 24.1 Å². The zero-order valence-electron chi connectivity index (χ0n) is 7.77. The molecule has 0 unspecified atom stereocenters. The lowest BCUT2D eigenvalue weighted by atomic mass is 10.0. The molecule has 0 fully saturated rings. The minimum absolute atomic E-state index is 0.222. The first-order valence-corrected chi connectivity index (χ1v) is 4.53. The number of nitrogens with two attached hydrogens (primary N) is 2. The van der Waals surface area contributed by atoms with Gasteiger partial charge in [-0.15, -0.1) is 0 Å². The second-order valence-corrected chi connectivity index (χ2v) is 3.18. The molecule has 14 heavy (non-hydrogen) atoms. The van der Waals surface area contributed by atoms with Crippen LogP contribution in [0.4, 0.5) is 11.8 Å². The lowest BCUT2D eigenvalue weighted by molar-refractivity contribution is 1.03. The second kappa shape index (κ2) is 3.49. The first kappa shape index (κ1) is 8.74. The summed E-state index contributed by atoms with van der Waals surface area (Å²) in [6.45, 7) is 0. The van der Waals surface area contributed by atoms with E-state index >= 15 is 0 Å². The third-order valence-electron chi connectivity index (χ3n) is 2.05. The first-order valence-electron chi connectivity index (χ1n) is 4.53. The monoisotopic (exact) mass is 188 g/mol. The van der Waals surface area contributed by atoms with Crippen molar-refractivity contribution in [1.82, 2.24) is 9.97 Å². The Morgan fingerprint density at radius 1 is 1.14 bits per heavy atom. The average Bonchev–Trinajstić information content (AvgIpc) is 2.18. The lowest BCUT2D eigenvalue weighted by Gasteiger charge is -2.07. The highest BCUT2D eigenvalue weighted by Gasteiger charge is 2.05. The SMILES string of the molecule is Nc1cc(C2=CCCC=C2)nc(N)n1. The summed E-state index contributed by atoms with van der Waals surface area (Å²) >= 11 is 0. The van der Waals surface area contributed by atoms with Gasteiger partial charge in [0, 0.05) is 6.07 Å². The topological polar surface area (TPSA) is 77.8 Å². The molecule has 1 heterocycles. The summed E-state index contributed by atoms with van der Waals surface area (Å²) in [5.74, 6) is 0.632. The molecular weight excluding hydrogens is 176 g/mol. The van der Waals surface area contributed by atoms with Gasteiger partial charge in [0.05, 0.1) is 5.69 Å². The van der Waals surface area contributed by atoms with E-state index in [-0.39, 0.29) is 5.95 Å². The Hall–Kier alpha value is -1.84.